The third-order valence-electron chi connectivity index (χ3n) is 3.09. The van der Waals surface area contributed by atoms with Gasteiger partial charge in [-0.15, -0.1) is 0 Å². The number of fused-ring (bicyclic) bond motifs is 3. The van der Waals surface area contributed by atoms with Gasteiger partial charge >= 0.3 is 0 Å². The number of hydrogen-bond donors (Lipinski definition) is 1. The van der Waals surface area contributed by atoms with E-state index in [1.54, 1.807) is 0 Å². The van der Waals surface area contributed by atoms with Crippen molar-refractivity contribution in [2.45, 2.75) is 13.2 Å². The van der Waals surface area contributed by atoms with Gasteiger partial charge in [-0.3, -0.25) is 5.32 Å². The summed E-state index contributed by atoms with van der Waals surface area (Å²) in [5.74, 6) is 0.951. The highest BCUT2D eigenvalue weighted by Gasteiger charge is 2.14. The molecule has 0 atom stereocenters. The lowest BCUT2D eigenvalue weighted by Crippen LogP contribution is -2.16. The predicted octanol–water partition coefficient (Wildman–Crippen LogP) is 1.99. The number of nitrogens with zero attached hydrogens (tertiary/aromatic N) is 4. The standard InChI is InChI=1S/C13H13N5OS/c1-20-13(15-8-14)16-9-2-3-11-10(6-9)17-12-7-19-5-4-18(11)12/h2-3,6H,4-5,7H2,1H3,(H,15,16). The maximum atomic E-state index is 8.64. The molecule has 6 nitrogen and oxygen atoms in total. The highest BCUT2D eigenvalue weighted by molar-refractivity contribution is 8.13. The van der Waals surface area contributed by atoms with Crippen LogP contribution in [0.25, 0.3) is 11.0 Å². The molecule has 20 heavy (non-hydrogen) atoms. The first kappa shape index (κ1) is 13.0. The van der Waals surface area contributed by atoms with Gasteiger partial charge in [0.15, 0.2) is 11.4 Å². The fraction of sp³-hybridized carbons (Fsp3) is 0.308. The van der Waals surface area contributed by atoms with Gasteiger partial charge < -0.3 is 9.30 Å². The molecule has 0 bridgehead atoms. The molecule has 1 aromatic carbocycles. The maximum Gasteiger partial charge on any atom is 0.183 e. The van der Waals surface area contributed by atoms with Crippen molar-refractivity contribution in [1.29, 1.82) is 5.26 Å². The summed E-state index contributed by atoms with van der Waals surface area (Å²) in [5, 5.41) is 11.8. The van der Waals surface area contributed by atoms with Gasteiger partial charge in [-0.05, 0) is 24.5 Å². The zero-order chi connectivity index (χ0) is 13.9. The summed E-state index contributed by atoms with van der Waals surface area (Å²) in [7, 11) is 0. The average Bonchev–Trinajstić information content (AvgIpc) is 2.84. The van der Waals surface area contributed by atoms with E-state index in [2.05, 4.69) is 19.9 Å². The molecule has 0 fully saturated rings. The second-order valence-electron chi connectivity index (χ2n) is 4.26. The van der Waals surface area contributed by atoms with Crippen molar-refractivity contribution in [3.8, 4) is 6.19 Å². The Morgan fingerprint density at radius 1 is 1.60 bits per heavy atom. The number of amidine groups is 1. The molecule has 7 heteroatoms. The molecular formula is C13H13N5OS. The van der Waals surface area contributed by atoms with E-state index in [4.69, 9.17) is 10.00 Å². The van der Waals surface area contributed by atoms with Crippen LogP contribution in [-0.4, -0.2) is 27.6 Å². The van der Waals surface area contributed by atoms with Crippen molar-refractivity contribution < 1.29 is 4.74 Å². The molecule has 0 amide bonds. The zero-order valence-corrected chi connectivity index (χ0v) is 11.8. The molecule has 0 unspecified atom stereocenters. The van der Waals surface area contributed by atoms with Gasteiger partial charge in [0.2, 0.25) is 0 Å². The van der Waals surface area contributed by atoms with E-state index in [1.165, 1.54) is 11.8 Å². The number of benzene rings is 1. The Labute approximate surface area is 120 Å². The monoisotopic (exact) mass is 287 g/mol. The van der Waals surface area contributed by atoms with Crippen LogP contribution in [0, 0.1) is 11.5 Å². The van der Waals surface area contributed by atoms with Crippen LogP contribution in [0.1, 0.15) is 5.82 Å². The lowest BCUT2D eigenvalue weighted by Gasteiger charge is -2.14. The van der Waals surface area contributed by atoms with Crippen LogP contribution < -0.4 is 5.32 Å². The summed E-state index contributed by atoms with van der Waals surface area (Å²) in [4.78, 5) is 8.96. The molecule has 1 aliphatic heterocycles. The maximum absolute atomic E-state index is 8.64. The van der Waals surface area contributed by atoms with Crippen LogP contribution in [0.2, 0.25) is 0 Å². The molecule has 3 rings (SSSR count). The molecule has 102 valence electrons. The Hall–Kier alpha value is -2.04. The fourth-order valence-corrected chi connectivity index (χ4v) is 2.55. The van der Waals surface area contributed by atoms with Gasteiger partial charge in [0.25, 0.3) is 0 Å². The lowest BCUT2D eigenvalue weighted by molar-refractivity contribution is 0.0830. The van der Waals surface area contributed by atoms with E-state index < -0.39 is 0 Å². The van der Waals surface area contributed by atoms with Crippen molar-refractivity contribution in [3.05, 3.63) is 24.0 Å². The minimum Gasteiger partial charge on any atom is -0.372 e. The highest BCUT2D eigenvalue weighted by atomic mass is 32.2. The summed E-state index contributed by atoms with van der Waals surface area (Å²) < 4.78 is 7.59. The third kappa shape index (κ3) is 2.35. The van der Waals surface area contributed by atoms with Crippen molar-refractivity contribution >= 4 is 33.7 Å². The topological polar surface area (TPSA) is 75.2 Å². The van der Waals surface area contributed by atoms with Gasteiger partial charge in [-0.25, -0.2) is 9.98 Å². The third-order valence-corrected chi connectivity index (χ3v) is 3.67. The first-order chi connectivity index (χ1) is 9.81. The molecule has 0 saturated heterocycles. The summed E-state index contributed by atoms with van der Waals surface area (Å²) in [6.45, 7) is 2.11. The minimum atomic E-state index is 0.555. The van der Waals surface area contributed by atoms with Crippen LogP contribution in [-0.2, 0) is 17.9 Å². The van der Waals surface area contributed by atoms with Crippen molar-refractivity contribution in [1.82, 2.24) is 14.9 Å². The second kappa shape index (κ2) is 5.53. The van der Waals surface area contributed by atoms with Crippen molar-refractivity contribution in [3.63, 3.8) is 0 Å². The minimum absolute atomic E-state index is 0.555. The summed E-state index contributed by atoms with van der Waals surface area (Å²) in [6, 6.07) is 5.87. The summed E-state index contributed by atoms with van der Waals surface area (Å²) in [6.07, 6.45) is 3.75. The Balaban J connectivity index is 2.01. The quantitative estimate of drug-likeness (QED) is 0.376. The lowest BCUT2D eigenvalue weighted by atomic mass is 10.3. The van der Waals surface area contributed by atoms with Crippen LogP contribution >= 0.6 is 11.8 Å². The Morgan fingerprint density at radius 3 is 3.30 bits per heavy atom. The number of nitriles is 1. The molecule has 0 saturated carbocycles. The average molecular weight is 287 g/mol. The fourth-order valence-electron chi connectivity index (χ4n) is 2.21. The number of aromatic nitrogens is 2. The molecular weight excluding hydrogens is 274 g/mol. The summed E-state index contributed by atoms with van der Waals surface area (Å²) >= 11 is 1.39. The van der Waals surface area contributed by atoms with E-state index in [9.17, 15) is 0 Å². The Bertz CT molecular complexity index is 715. The predicted molar refractivity (Wildman–Crippen MR) is 78.7 cm³/mol. The normalized spacial score (nSPS) is 14.9. The molecule has 2 heterocycles. The summed E-state index contributed by atoms with van der Waals surface area (Å²) in [5.41, 5.74) is 2.78. The number of ether oxygens (including phenoxy) is 1. The first-order valence-electron chi connectivity index (χ1n) is 6.16. The van der Waals surface area contributed by atoms with E-state index in [1.807, 2.05) is 30.6 Å². The number of nitrogens with one attached hydrogen (secondary N) is 1. The number of hydrogen-bond acceptors (Lipinski definition) is 5. The molecule has 0 radical (unpaired) electrons. The second-order valence-corrected chi connectivity index (χ2v) is 5.06. The van der Waals surface area contributed by atoms with E-state index >= 15 is 0 Å². The van der Waals surface area contributed by atoms with E-state index in [0.717, 1.165) is 35.7 Å². The van der Waals surface area contributed by atoms with E-state index in [0.29, 0.717) is 11.8 Å². The van der Waals surface area contributed by atoms with Gasteiger partial charge in [0.05, 0.1) is 23.3 Å². The van der Waals surface area contributed by atoms with Gasteiger partial charge in [0.1, 0.15) is 12.4 Å². The Kier molecular flexibility index (Phi) is 3.58. The molecule has 1 aliphatic rings. The number of rotatable bonds is 1. The molecule has 1 N–H and O–H groups in total. The van der Waals surface area contributed by atoms with E-state index in [-0.39, 0.29) is 0 Å². The van der Waals surface area contributed by atoms with Crippen molar-refractivity contribution in [2.75, 3.05) is 12.9 Å². The largest absolute Gasteiger partial charge is 0.372 e. The number of thioether (sulfide) groups is 1. The first-order valence-corrected chi connectivity index (χ1v) is 7.39. The van der Waals surface area contributed by atoms with Crippen LogP contribution in [0.15, 0.2) is 23.2 Å². The van der Waals surface area contributed by atoms with Crippen molar-refractivity contribution in [2.24, 2.45) is 4.99 Å². The van der Waals surface area contributed by atoms with Crippen LogP contribution in [0.3, 0.4) is 0 Å². The SMILES string of the molecule is CSC(=Nc1ccc2c(c1)nc1n2CCOC1)NC#N. The number of aliphatic imine (C=N–C) groups is 1. The molecule has 0 spiro atoms. The Morgan fingerprint density at radius 2 is 2.50 bits per heavy atom. The van der Waals surface area contributed by atoms with Crippen LogP contribution in [0.4, 0.5) is 5.69 Å². The molecule has 0 aliphatic carbocycles. The highest BCUT2D eigenvalue weighted by Crippen LogP contribution is 2.24. The van der Waals surface area contributed by atoms with Gasteiger partial charge in [-0.2, -0.15) is 5.26 Å². The van der Waals surface area contributed by atoms with Gasteiger partial charge in [-0.1, -0.05) is 11.8 Å². The molecule has 2 aromatic rings. The zero-order valence-electron chi connectivity index (χ0n) is 11.0. The molecule has 1 aromatic heterocycles. The smallest absolute Gasteiger partial charge is 0.183 e. The number of imidazole rings is 1. The van der Waals surface area contributed by atoms with Gasteiger partial charge in [0, 0.05) is 6.54 Å². The van der Waals surface area contributed by atoms with Crippen LogP contribution in [0.5, 0.6) is 0 Å².